The molecular formula is C16H16N4O4. The number of benzene rings is 1. The SMILES string of the molecule is O=C1CCCCN1Cn1nc(-c2cccc([N+](=O)[O-])c2)ccc1=O. The minimum atomic E-state index is -0.480. The molecule has 0 aliphatic carbocycles. The van der Waals surface area contributed by atoms with Gasteiger partial charge < -0.3 is 4.90 Å². The Hall–Kier alpha value is -3.03. The highest BCUT2D eigenvalue weighted by Crippen LogP contribution is 2.21. The molecule has 1 aromatic heterocycles. The molecule has 0 spiro atoms. The lowest BCUT2D eigenvalue weighted by Crippen LogP contribution is -2.40. The molecule has 2 aromatic rings. The van der Waals surface area contributed by atoms with Crippen molar-refractivity contribution in [1.82, 2.24) is 14.7 Å². The number of rotatable bonds is 4. The maximum Gasteiger partial charge on any atom is 0.270 e. The second kappa shape index (κ2) is 6.61. The van der Waals surface area contributed by atoms with E-state index in [1.54, 1.807) is 17.0 Å². The van der Waals surface area contributed by atoms with Gasteiger partial charge in [0, 0.05) is 36.7 Å². The van der Waals surface area contributed by atoms with Gasteiger partial charge in [0.05, 0.1) is 10.6 Å². The van der Waals surface area contributed by atoms with Gasteiger partial charge in [-0.25, -0.2) is 4.68 Å². The summed E-state index contributed by atoms with van der Waals surface area (Å²) in [4.78, 5) is 35.9. The van der Waals surface area contributed by atoms with Gasteiger partial charge in [0.2, 0.25) is 5.91 Å². The normalized spacial score (nSPS) is 14.7. The third-order valence-electron chi connectivity index (χ3n) is 3.95. The van der Waals surface area contributed by atoms with Crippen LogP contribution in [0.4, 0.5) is 5.69 Å². The van der Waals surface area contributed by atoms with Crippen LogP contribution in [-0.4, -0.2) is 32.1 Å². The van der Waals surface area contributed by atoms with Gasteiger partial charge in [-0.1, -0.05) is 12.1 Å². The standard InChI is InChI=1S/C16H16N4O4/c21-15-6-1-2-9-18(15)11-19-16(22)8-7-14(17-19)12-4-3-5-13(10-12)20(23)24/h3-5,7-8,10H,1-2,6,9,11H2. The molecular weight excluding hydrogens is 312 g/mol. The number of nitro benzene ring substituents is 1. The lowest BCUT2D eigenvalue weighted by molar-refractivity contribution is -0.384. The summed E-state index contributed by atoms with van der Waals surface area (Å²) >= 11 is 0. The number of carbonyl (C=O) groups excluding carboxylic acids is 1. The zero-order chi connectivity index (χ0) is 17.1. The van der Waals surface area contributed by atoms with E-state index in [9.17, 15) is 19.7 Å². The largest absolute Gasteiger partial charge is 0.323 e. The minimum Gasteiger partial charge on any atom is -0.323 e. The molecule has 0 N–H and O–H groups in total. The summed E-state index contributed by atoms with van der Waals surface area (Å²) in [7, 11) is 0. The summed E-state index contributed by atoms with van der Waals surface area (Å²) in [6.07, 6.45) is 2.26. The fraction of sp³-hybridized carbons (Fsp3) is 0.312. The van der Waals surface area contributed by atoms with Crippen LogP contribution in [0.15, 0.2) is 41.2 Å². The molecule has 1 aliphatic heterocycles. The smallest absolute Gasteiger partial charge is 0.270 e. The van der Waals surface area contributed by atoms with Crippen LogP contribution < -0.4 is 5.56 Å². The molecule has 0 atom stereocenters. The van der Waals surface area contributed by atoms with Gasteiger partial charge in [-0.3, -0.25) is 19.7 Å². The van der Waals surface area contributed by atoms with Gasteiger partial charge in [-0.05, 0) is 18.9 Å². The molecule has 3 rings (SSSR count). The first-order valence-corrected chi connectivity index (χ1v) is 7.65. The Bertz CT molecular complexity index is 846. The number of carbonyl (C=O) groups is 1. The van der Waals surface area contributed by atoms with Crippen LogP contribution in [0.5, 0.6) is 0 Å². The van der Waals surface area contributed by atoms with Gasteiger partial charge in [-0.2, -0.15) is 5.10 Å². The summed E-state index contributed by atoms with van der Waals surface area (Å²) < 4.78 is 1.22. The molecule has 0 radical (unpaired) electrons. The van der Waals surface area contributed by atoms with E-state index in [1.165, 1.54) is 28.9 Å². The molecule has 8 nitrogen and oxygen atoms in total. The number of hydrogen-bond donors (Lipinski definition) is 0. The molecule has 2 heterocycles. The van der Waals surface area contributed by atoms with E-state index < -0.39 is 4.92 Å². The van der Waals surface area contributed by atoms with Crippen LogP contribution in [0.1, 0.15) is 19.3 Å². The summed E-state index contributed by atoms with van der Waals surface area (Å²) in [5.74, 6) is 0.00991. The van der Waals surface area contributed by atoms with Crippen molar-refractivity contribution < 1.29 is 9.72 Å². The Balaban J connectivity index is 1.91. The van der Waals surface area contributed by atoms with Gasteiger partial charge in [0.1, 0.15) is 6.67 Å². The van der Waals surface area contributed by atoms with E-state index in [2.05, 4.69) is 5.10 Å². The molecule has 124 valence electrons. The molecule has 1 aromatic carbocycles. The number of hydrogen-bond acceptors (Lipinski definition) is 5. The maximum absolute atomic E-state index is 12.0. The van der Waals surface area contributed by atoms with Crippen molar-refractivity contribution in [3.8, 4) is 11.3 Å². The molecule has 1 aliphatic rings. The first kappa shape index (κ1) is 15.9. The monoisotopic (exact) mass is 328 g/mol. The van der Waals surface area contributed by atoms with Crippen molar-refractivity contribution in [3.63, 3.8) is 0 Å². The average molecular weight is 328 g/mol. The van der Waals surface area contributed by atoms with Gasteiger partial charge in [-0.15, -0.1) is 0 Å². The van der Waals surface area contributed by atoms with Crippen molar-refractivity contribution in [3.05, 3.63) is 56.9 Å². The molecule has 0 saturated carbocycles. The quantitative estimate of drug-likeness (QED) is 0.629. The predicted octanol–water partition coefficient (Wildman–Crippen LogP) is 1.79. The zero-order valence-corrected chi connectivity index (χ0v) is 12.9. The van der Waals surface area contributed by atoms with E-state index >= 15 is 0 Å². The van der Waals surface area contributed by atoms with E-state index in [4.69, 9.17) is 0 Å². The average Bonchev–Trinajstić information content (AvgIpc) is 2.59. The van der Waals surface area contributed by atoms with Crippen LogP contribution >= 0.6 is 0 Å². The molecule has 1 saturated heterocycles. The number of piperidine rings is 1. The molecule has 24 heavy (non-hydrogen) atoms. The number of nitrogens with zero attached hydrogens (tertiary/aromatic N) is 4. The second-order valence-corrected chi connectivity index (χ2v) is 5.62. The van der Waals surface area contributed by atoms with Crippen molar-refractivity contribution >= 4 is 11.6 Å². The molecule has 0 bridgehead atoms. The lowest BCUT2D eigenvalue weighted by Gasteiger charge is -2.26. The topological polar surface area (TPSA) is 98.3 Å². The van der Waals surface area contributed by atoms with Gasteiger partial charge in [0.15, 0.2) is 0 Å². The van der Waals surface area contributed by atoms with Crippen LogP contribution in [0.3, 0.4) is 0 Å². The first-order valence-electron chi connectivity index (χ1n) is 7.65. The predicted molar refractivity (Wildman–Crippen MR) is 86.2 cm³/mol. The summed E-state index contributed by atoms with van der Waals surface area (Å²) in [6, 6.07) is 8.94. The third-order valence-corrected chi connectivity index (χ3v) is 3.95. The van der Waals surface area contributed by atoms with E-state index in [0.717, 1.165) is 12.8 Å². The summed E-state index contributed by atoms with van der Waals surface area (Å²) in [5.41, 5.74) is 0.631. The molecule has 1 fully saturated rings. The van der Waals surface area contributed by atoms with Gasteiger partial charge in [0.25, 0.3) is 11.2 Å². The Morgan fingerprint density at radius 3 is 2.75 bits per heavy atom. The highest BCUT2D eigenvalue weighted by atomic mass is 16.6. The van der Waals surface area contributed by atoms with E-state index in [1.807, 2.05) is 0 Å². The number of aromatic nitrogens is 2. The van der Waals surface area contributed by atoms with Crippen molar-refractivity contribution in [2.75, 3.05) is 6.54 Å². The van der Waals surface area contributed by atoms with E-state index in [-0.39, 0.29) is 23.8 Å². The zero-order valence-electron chi connectivity index (χ0n) is 12.9. The molecule has 0 unspecified atom stereocenters. The van der Waals surface area contributed by atoms with Crippen molar-refractivity contribution in [1.29, 1.82) is 0 Å². The second-order valence-electron chi connectivity index (χ2n) is 5.62. The van der Waals surface area contributed by atoms with Gasteiger partial charge >= 0.3 is 0 Å². The maximum atomic E-state index is 12.0. The first-order chi connectivity index (χ1) is 11.5. The van der Waals surface area contributed by atoms with Crippen LogP contribution in [-0.2, 0) is 11.5 Å². The highest BCUT2D eigenvalue weighted by molar-refractivity contribution is 5.76. The summed E-state index contributed by atoms with van der Waals surface area (Å²) in [5, 5.41) is 15.1. The highest BCUT2D eigenvalue weighted by Gasteiger charge is 2.19. The van der Waals surface area contributed by atoms with Crippen molar-refractivity contribution in [2.45, 2.75) is 25.9 Å². The van der Waals surface area contributed by atoms with Crippen LogP contribution in [0, 0.1) is 10.1 Å². The van der Waals surface area contributed by atoms with Crippen LogP contribution in [0.25, 0.3) is 11.3 Å². The Morgan fingerprint density at radius 2 is 2.00 bits per heavy atom. The number of nitro groups is 1. The fourth-order valence-electron chi connectivity index (χ4n) is 2.66. The molecule has 1 amide bonds. The summed E-state index contributed by atoms with van der Waals surface area (Å²) in [6.45, 7) is 0.703. The van der Waals surface area contributed by atoms with Crippen molar-refractivity contribution in [2.24, 2.45) is 0 Å². The van der Waals surface area contributed by atoms with E-state index in [0.29, 0.717) is 24.2 Å². The fourth-order valence-corrected chi connectivity index (χ4v) is 2.66. The third kappa shape index (κ3) is 3.32. The number of amides is 1. The van der Waals surface area contributed by atoms with Crippen LogP contribution in [0.2, 0.25) is 0 Å². The number of likely N-dealkylation sites (tertiary alicyclic amines) is 1. The lowest BCUT2D eigenvalue weighted by atomic mass is 10.1. The Morgan fingerprint density at radius 1 is 1.17 bits per heavy atom. The Labute approximate surface area is 137 Å². The Kier molecular flexibility index (Phi) is 4.37. The number of non-ortho nitro benzene ring substituents is 1. The molecule has 8 heteroatoms. The minimum absolute atomic E-state index is 0.00991.